The van der Waals surface area contributed by atoms with Crippen LogP contribution in [0.5, 0.6) is 0 Å². The summed E-state index contributed by atoms with van der Waals surface area (Å²) < 4.78 is 79.4. The quantitative estimate of drug-likeness (QED) is 0.618. The Hall–Kier alpha value is -2.79. The van der Waals surface area contributed by atoms with Gasteiger partial charge in [-0.15, -0.1) is 0 Å². The second-order valence-electron chi connectivity index (χ2n) is 6.85. The summed E-state index contributed by atoms with van der Waals surface area (Å²) in [6, 6.07) is 8.48. The van der Waals surface area contributed by atoms with E-state index in [-0.39, 0.29) is 18.2 Å². The highest BCUT2D eigenvalue weighted by Crippen LogP contribution is 2.37. The Labute approximate surface area is 169 Å². The molecule has 0 radical (unpaired) electrons. The number of H-pyrrole nitrogens is 1. The summed E-state index contributed by atoms with van der Waals surface area (Å²) in [6.45, 7) is 0.149. The Morgan fingerprint density at radius 1 is 1.10 bits per heavy atom. The topological polar surface area (TPSA) is 79.0 Å². The van der Waals surface area contributed by atoms with Crippen molar-refractivity contribution in [1.82, 2.24) is 19.5 Å². The van der Waals surface area contributed by atoms with Crippen LogP contribution in [0.2, 0.25) is 0 Å². The van der Waals surface area contributed by atoms with Gasteiger partial charge in [0, 0.05) is 12.1 Å². The van der Waals surface area contributed by atoms with E-state index in [1.54, 1.807) is 0 Å². The lowest BCUT2D eigenvalue weighted by Crippen LogP contribution is -2.31. The maximum atomic E-state index is 13.1. The Kier molecular flexibility index (Phi) is 5.10. The molecule has 1 aliphatic heterocycles. The van der Waals surface area contributed by atoms with Crippen molar-refractivity contribution in [2.45, 2.75) is 30.0 Å². The van der Waals surface area contributed by atoms with Gasteiger partial charge in [-0.2, -0.15) is 22.6 Å². The maximum Gasteiger partial charge on any atom is 0.416 e. The SMILES string of the molecule is O=S(=O)(c1cccc(C(F)(F)F)c1)N1CCC[C@H]1c1nc(-c2ccc(F)cc2)n[nH]1. The largest absolute Gasteiger partial charge is 0.416 e. The summed E-state index contributed by atoms with van der Waals surface area (Å²) in [5, 5.41) is 6.78. The summed E-state index contributed by atoms with van der Waals surface area (Å²) in [5.74, 6) is 0.138. The first-order valence-corrected chi connectivity index (χ1v) is 10.5. The molecule has 1 atom stereocenters. The summed E-state index contributed by atoms with van der Waals surface area (Å²) in [5.41, 5.74) is -0.484. The van der Waals surface area contributed by atoms with Crippen molar-refractivity contribution in [2.24, 2.45) is 0 Å². The van der Waals surface area contributed by atoms with Crippen molar-refractivity contribution in [3.8, 4) is 11.4 Å². The number of halogens is 4. The predicted molar refractivity (Wildman–Crippen MR) is 99.1 cm³/mol. The second kappa shape index (κ2) is 7.47. The van der Waals surface area contributed by atoms with Gasteiger partial charge in [-0.25, -0.2) is 17.8 Å². The molecule has 0 saturated carbocycles. The van der Waals surface area contributed by atoms with E-state index in [2.05, 4.69) is 15.2 Å². The minimum absolute atomic E-state index is 0.149. The van der Waals surface area contributed by atoms with Gasteiger partial charge in [-0.1, -0.05) is 6.07 Å². The third-order valence-electron chi connectivity index (χ3n) is 4.89. The zero-order valence-corrected chi connectivity index (χ0v) is 16.2. The lowest BCUT2D eigenvalue weighted by atomic mass is 10.2. The Balaban J connectivity index is 1.65. The molecule has 6 nitrogen and oxygen atoms in total. The number of rotatable bonds is 4. The molecule has 1 saturated heterocycles. The molecule has 0 bridgehead atoms. The molecule has 30 heavy (non-hydrogen) atoms. The third-order valence-corrected chi connectivity index (χ3v) is 6.80. The van der Waals surface area contributed by atoms with Crippen molar-refractivity contribution >= 4 is 10.0 Å². The monoisotopic (exact) mass is 440 g/mol. The molecule has 1 N–H and O–H groups in total. The first kappa shape index (κ1) is 20.5. The molecule has 158 valence electrons. The van der Waals surface area contributed by atoms with Gasteiger partial charge in [0.2, 0.25) is 10.0 Å². The number of nitrogens with zero attached hydrogens (tertiary/aromatic N) is 3. The van der Waals surface area contributed by atoms with Crippen LogP contribution in [0, 0.1) is 5.82 Å². The van der Waals surface area contributed by atoms with E-state index in [9.17, 15) is 26.0 Å². The highest BCUT2D eigenvalue weighted by atomic mass is 32.2. The minimum Gasteiger partial charge on any atom is -0.261 e. The van der Waals surface area contributed by atoms with Crippen molar-refractivity contribution in [1.29, 1.82) is 0 Å². The molecule has 11 heteroatoms. The number of aromatic nitrogens is 3. The van der Waals surface area contributed by atoms with E-state index in [0.717, 1.165) is 22.5 Å². The maximum absolute atomic E-state index is 13.1. The molecule has 0 aliphatic carbocycles. The van der Waals surface area contributed by atoms with E-state index < -0.39 is 38.5 Å². The number of nitrogens with one attached hydrogen (secondary N) is 1. The van der Waals surface area contributed by atoms with Gasteiger partial charge in [-0.3, -0.25) is 5.10 Å². The smallest absolute Gasteiger partial charge is 0.261 e. The van der Waals surface area contributed by atoms with Crippen LogP contribution in [0.4, 0.5) is 17.6 Å². The lowest BCUT2D eigenvalue weighted by molar-refractivity contribution is -0.137. The van der Waals surface area contributed by atoms with Crippen molar-refractivity contribution < 1.29 is 26.0 Å². The molecular weight excluding hydrogens is 424 g/mol. The van der Waals surface area contributed by atoms with E-state index in [0.29, 0.717) is 24.5 Å². The number of aromatic amines is 1. The highest BCUT2D eigenvalue weighted by molar-refractivity contribution is 7.89. The Morgan fingerprint density at radius 3 is 2.53 bits per heavy atom. The Bertz CT molecular complexity index is 1160. The molecule has 0 spiro atoms. The summed E-state index contributed by atoms with van der Waals surface area (Å²) in [6.07, 6.45) is -3.68. The van der Waals surface area contributed by atoms with E-state index >= 15 is 0 Å². The average molecular weight is 440 g/mol. The molecule has 2 heterocycles. The fraction of sp³-hybridized carbons (Fsp3) is 0.263. The van der Waals surface area contributed by atoms with Gasteiger partial charge in [0.05, 0.1) is 16.5 Å². The molecular formula is C19H16F4N4O2S. The third kappa shape index (κ3) is 3.82. The number of hydrogen-bond donors (Lipinski definition) is 1. The Morgan fingerprint density at radius 2 is 1.83 bits per heavy atom. The van der Waals surface area contributed by atoms with Gasteiger partial charge in [0.25, 0.3) is 0 Å². The van der Waals surface area contributed by atoms with Gasteiger partial charge in [0.15, 0.2) is 5.82 Å². The molecule has 1 aromatic heterocycles. The van der Waals surface area contributed by atoms with Gasteiger partial charge in [-0.05, 0) is 55.3 Å². The van der Waals surface area contributed by atoms with E-state index in [4.69, 9.17) is 0 Å². The minimum atomic E-state index is -4.65. The van der Waals surface area contributed by atoms with Crippen LogP contribution < -0.4 is 0 Å². The first-order valence-electron chi connectivity index (χ1n) is 9.03. The summed E-state index contributed by atoms with van der Waals surface area (Å²) >= 11 is 0. The van der Waals surface area contributed by atoms with Gasteiger partial charge < -0.3 is 0 Å². The molecule has 0 amide bonds. The molecule has 1 fully saturated rings. The van der Waals surface area contributed by atoms with Crippen LogP contribution in [0.3, 0.4) is 0 Å². The van der Waals surface area contributed by atoms with Crippen LogP contribution in [0.1, 0.15) is 30.3 Å². The highest BCUT2D eigenvalue weighted by Gasteiger charge is 2.39. The van der Waals surface area contributed by atoms with Crippen LogP contribution in [-0.2, 0) is 16.2 Å². The fourth-order valence-electron chi connectivity index (χ4n) is 3.42. The number of alkyl halides is 3. The van der Waals surface area contributed by atoms with Crippen LogP contribution in [-0.4, -0.2) is 34.4 Å². The average Bonchev–Trinajstić information content (AvgIpc) is 3.38. The number of benzene rings is 2. The standard InChI is InChI=1S/C19H16F4N4O2S/c20-14-8-6-12(7-9-14)17-24-18(26-25-17)16-5-2-10-27(16)30(28,29)15-4-1-3-13(11-15)19(21,22)23/h1,3-4,6-9,11,16H,2,5,10H2,(H,24,25,26)/t16-/m0/s1. The van der Waals surface area contributed by atoms with E-state index in [1.807, 2.05) is 0 Å². The van der Waals surface area contributed by atoms with Crippen LogP contribution in [0.25, 0.3) is 11.4 Å². The summed E-state index contributed by atoms with van der Waals surface area (Å²) in [4.78, 5) is 3.90. The predicted octanol–water partition coefficient (Wildman–Crippen LogP) is 4.16. The molecule has 0 unspecified atom stereocenters. The van der Waals surface area contributed by atoms with Gasteiger partial charge >= 0.3 is 6.18 Å². The zero-order valence-electron chi connectivity index (χ0n) is 15.4. The van der Waals surface area contributed by atoms with Crippen LogP contribution in [0.15, 0.2) is 53.4 Å². The van der Waals surface area contributed by atoms with Crippen molar-refractivity contribution in [3.05, 3.63) is 65.7 Å². The molecule has 4 rings (SSSR count). The number of sulfonamides is 1. The van der Waals surface area contributed by atoms with Crippen molar-refractivity contribution in [3.63, 3.8) is 0 Å². The number of hydrogen-bond acceptors (Lipinski definition) is 4. The first-order chi connectivity index (χ1) is 14.2. The lowest BCUT2D eigenvalue weighted by Gasteiger charge is -2.22. The fourth-order valence-corrected chi connectivity index (χ4v) is 5.13. The zero-order chi connectivity index (χ0) is 21.5. The second-order valence-corrected chi connectivity index (χ2v) is 8.74. The molecule has 1 aliphatic rings. The molecule has 3 aromatic rings. The normalized spacial score (nSPS) is 18.1. The van der Waals surface area contributed by atoms with Gasteiger partial charge in [0.1, 0.15) is 11.6 Å². The summed E-state index contributed by atoms with van der Waals surface area (Å²) in [7, 11) is -4.18. The molecule has 2 aromatic carbocycles. The van der Waals surface area contributed by atoms with Crippen molar-refractivity contribution in [2.75, 3.05) is 6.54 Å². The van der Waals surface area contributed by atoms with E-state index in [1.165, 1.54) is 24.3 Å². The van der Waals surface area contributed by atoms with Crippen LogP contribution >= 0.6 is 0 Å².